The fraction of sp³-hybridized carbons (Fsp3) is 0.571. The van der Waals surface area contributed by atoms with Crippen molar-refractivity contribution in [3.05, 3.63) is 70.8 Å². The first-order valence-corrected chi connectivity index (χ1v) is 15.4. The Balaban J connectivity index is 1.07. The average Bonchev–Trinajstić information content (AvgIpc) is 3.55. The first-order valence-electron chi connectivity index (χ1n) is 12.3. The van der Waals surface area contributed by atoms with Crippen LogP contribution >= 0.6 is 35.3 Å². The van der Waals surface area contributed by atoms with E-state index in [4.69, 9.17) is 0 Å². The average molecular weight is 469 g/mol. The molecule has 0 bridgehead atoms. The highest BCUT2D eigenvalue weighted by Crippen LogP contribution is 2.38. The molecule has 0 N–H and O–H groups in total. The second-order valence-corrected chi connectivity index (χ2v) is 14.1. The summed E-state index contributed by atoms with van der Waals surface area (Å²) in [6.07, 6.45) is 13.4. The van der Waals surface area contributed by atoms with E-state index >= 15 is 0 Å². The second-order valence-electron chi connectivity index (χ2n) is 9.68. The Labute approximate surface area is 202 Å². The number of rotatable bonds is 8. The van der Waals surface area contributed by atoms with Crippen molar-refractivity contribution in [1.82, 2.24) is 0 Å². The molecule has 3 aliphatic rings. The lowest BCUT2D eigenvalue weighted by Crippen LogP contribution is -2.06. The van der Waals surface area contributed by atoms with E-state index in [9.17, 15) is 0 Å². The predicted molar refractivity (Wildman–Crippen MR) is 143 cm³/mol. The summed E-state index contributed by atoms with van der Waals surface area (Å²) >= 11 is 6.60. The number of hydrogen-bond donors (Lipinski definition) is 0. The van der Waals surface area contributed by atoms with E-state index in [0.29, 0.717) is 0 Å². The van der Waals surface area contributed by atoms with Crippen LogP contribution in [0.5, 0.6) is 0 Å². The highest BCUT2D eigenvalue weighted by atomic mass is 32.2. The van der Waals surface area contributed by atoms with Gasteiger partial charge in [-0.15, -0.1) is 0 Å². The Morgan fingerprint density at radius 3 is 1.16 bits per heavy atom. The van der Waals surface area contributed by atoms with Gasteiger partial charge in [-0.3, -0.25) is 0 Å². The van der Waals surface area contributed by atoms with Crippen LogP contribution in [0.3, 0.4) is 0 Å². The molecule has 2 aromatic carbocycles. The SMILES string of the molecule is c1cc(CC2CCC(Cc3ccc(CC4CCCS4)cc3)S2)ccc1CC1CCCS1. The zero-order valence-corrected chi connectivity index (χ0v) is 21.1. The van der Waals surface area contributed by atoms with E-state index in [1.54, 1.807) is 0 Å². The number of thioether (sulfide) groups is 3. The quantitative estimate of drug-likeness (QED) is 0.391. The van der Waals surface area contributed by atoms with Gasteiger partial charge in [0.15, 0.2) is 0 Å². The van der Waals surface area contributed by atoms with Crippen molar-refractivity contribution in [3.8, 4) is 0 Å². The van der Waals surface area contributed by atoms with Crippen LogP contribution in [-0.2, 0) is 25.7 Å². The zero-order valence-electron chi connectivity index (χ0n) is 18.6. The maximum Gasteiger partial charge on any atom is 0.00907 e. The Morgan fingerprint density at radius 1 is 0.484 bits per heavy atom. The van der Waals surface area contributed by atoms with Crippen LogP contribution < -0.4 is 0 Å². The van der Waals surface area contributed by atoms with E-state index in [0.717, 1.165) is 21.0 Å². The van der Waals surface area contributed by atoms with E-state index in [2.05, 4.69) is 83.8 Å². The molecule has 4 unspecified atom stereocenters. The highest BCUT2D eigenvalue weighted by molar-refractivity contribution is 8.00. The molecule has 0 aliphatic carbocycles. The summed E-state index contributed by atoms with van der Waals surface area (Å²) in [5.74, 6) is 2.74. The first-order chi connectivity index (χ1) is 15.3. The molecule has 0 saturated carbocycles. The third kappa shape index (κ3) is 6.51. The molecule has 0 radical (unpaired) electrons. The monoisotopic (exact) mass is 468 g/mol. The Kier molecular flexibility index (Phi) is 7.96. The Bertz CT molecular complexity index is 732. The lowest BCUT2D eigenvalue weighted by Gasteiger charge is -2.14. The van der Waals surface area contributed by atoms with Crippen molar-refractivity contribution in [2.45, 2.75) is 85.2 Å². The fourth-order valence-electron chi connectivity index (χ4n) is 5.37. The van der Waals surface area contributed by atoms with E-state index < -0.39 is 0 Å². The predicted octanol–water partition coefficient (Wildman–Crippen LogP) is 7.61. The molecule has 3 fully saturated rings. The normalized spacial score (nSPS) is 28.4. The van der Waals surface area contributed by atoms with Crippen molar-refractivity contribution in [2.75, 3.05) is 11.5 Å². The van der Waals surface area contributed by atoms with Gasteiger partial charge in [-0.1, -0.05) is 48.5 Å². The third-order valence-corrected chi connectivity index (χ3v) is 11.5. The molecule has 4 atom stereocenters. The van der Waals surface area contributed by atoms with E-state index in [1.165, 1.54) is 98.0 Å². The van der Waals surface area contributed by atoms with Crippen molar-refractivity contribution in [1.29, 1.82) is 0 Å². The number of benzene rings is 2. The Morgan fingerprint density at radius 2 is 0.839 bits per heavy atom. The van der Waals surface area contributed by atoms with Gasteiger partial charge in [0.2, 0.25) is 0 Å². The molecular weight excluding hydrogens is 433 g/mol. The molecule has 166 valence electrons. The third-order valence-electron chi connectivity index (χ3n) is 7.14. The smallest absolute Gasteiger partial charge is 0.00907 e. The van der Waals surface area contributed by atoms with Gasteiger partial charge < -0.3 is 0 Å². The summed E-state index contributed by atoms with van der Waals surface area (Å²) in [6, 6.07) is 19.2. The van der Waals surface area contributed by atoms with Crippen molar-refractivity contribution in [2.24, 2.45) is 0 Å². The summed E-state index contributed by atoms with van der Waals surface area (Å²) in [5.41, 5.74) is 6.15. The van der Waals surface area contributed by atoms with Gasteiger partial charge in [0.1, 0.15) is 0 Å². The molecule has 0 spiro atoms. The summed E-state index contributed by atoms with van der Waals surface area (Å²) in [7, 11) is 0. The fourth-order valence-corrected chi connectivity index (χ4v) is 9.65. The lowest BCUT2D eigenvalue weighted by molar-refractivity contribution is 0.713. The van der Waals surface area contributed by atoms with Crippen LogP contribution in [0.1, 0.15) is 60.8 Å². The number of hydrogen-bond acceptors (Lipinski definition) is 3. The van der Waals surface area contributed by atoms with Gasteiger partial charge in [0.25, 0.3) is 0 Å². The standard InChI is InChI=1S/C28H36S3/c1-3-25(29-15-1)17-21-5-9-23(10-6-21)19-27-13-14-28(31-27)20-24-11-7-22(8-12-24)18-26-4-2-16-30-26/h5-12,25-28H,1-4,13-20H2. The van der Waals surface area contributed by atoms with Crippen molar-refractivity contribution in [3.63, 3.8) is 0 Å². The van der Waals surface area contributed by atoms with Crippen LogP contribution in [-0.4, -0.2) is 32.5 Å². The van der Waals surface area contributed by atoms with Crippen LogP contribution in [0.25, 0.3) is 0 Å². The molecule has 3 aliphatic heterocycles. The molecule has 31 heavy (non-hydrogen) atoms. The van der Waals surface area contributed by atoms with E-state index in [-0.39, 0.29) is 0 Å². The van der Waals surface area contributed by atoms with Gasteiger partial charge in [-0.25, -0.2) is 0 Å². The van der Waals surface area contributed by atoms with Gasteiger partial charge in [-0.2, -0.15) is 35.3 Å². The topological polar surface area (TPSA) is 0 Å². The molecule has 3 heteroatoms. The first kappa shape index (κ1) is 22.3. The molecular formula is C28H36S3. The Hall–Kier alpha value is -0.510. The van der Waals surface area contributed by atoms with E-state index in [1.807, 2.05) is 0 Å². The largest absolute Gasteiger partial charge is 0.158 e. The van der Waals surface area contributed by atoms with Gasteiger partial charge in [-0.05, 0) is 98.0 Å². The maximum absolute atomic E-state index is 2.41. The highest BCUT2D eigenvalue weighted by Gasteiger charge is 2.26. The minimum absolute atomic E-state index is 0.805. The van der Waals surface area contributed by atoms with Crippen LogP contribution in [0.2, 0.25) is 0 Å². The van der Waals surface area contributed by atoms with Gasteiger partial charge in [0, 0.05) is 21.0 Å². The molecule has 3 heterocycles. The van der Waals surface area contributed by atoms with Gasteiger partial charge in [0.05, 0.1) is 0 Å². The molecule has 3 saturated heterocycles. The summed E-state index contributed by atoms with van der Waals surface area (Å²) in [6.45, 7) is 0. The lowest BCUT2D eigenvalue weighted by atomic mass is 10.00. The minimum atomic E-state index is 0.805. The van der Waals surface area contributed by atoms with Crippen molar-refractivity contribution >= 4 is 35.3 Å². The van der Waals surface area contributed by atoms with Crippen LogP contribution in [0.15, 0.2) is 48.5 Å². The van der Waals surface area contributed by atoms with Crippen LogP contribution in [0.4, 0.5) is 0 Å². The zero-order chi connectivity index (χ0) is 20.9. The molecule has 0 amide bonds. The van der Waals surface area contributed by atoms with Crippen LogP contribution in [0, 0.1) is 0 Å². The molecule has 0 nitrogen and oxygen atoms in total. The molecule has 2 aromatic rings. The molecule has 5 rings (SSSR count). The van der Waals surface area contributed by atoms with Gasteiger partial charge >= 0.3 is 0 Å². The van der Waals surface area contributed by atoms with Crippen molar-refractivity contribution < 1.29 is 0 Å². The minimum Gasteiger partial charge on any atom is -0.158 e. The molecule has 0 aromatic heterocycles. The summed E-state index contributed by atoms with van der Waals surface area (Å²) < 4.78 is 0. The summed E-state index contributed by atoms with van der Waals surface area (Å²) in [5, 5.41) is 3.35. The maximum atomic E-state index is 2.41. The second kappa shape index (κ2) is 11.1. The summed E-state index contributed by atoms with van der Waals surface area (Å²) in [4.78, 5) is 0.